The number of carbonyl (C=O) groups is 1. The third-order valence-corrected chi connectivity index (χ3v) is 8.80. The molecule has 4 aliphatic rings. The van der Waals surface area contributed by atoms with E-state index in [9.17, 15) is 9.90 Å². The molecule has 1 aromatic carbocycles. The molecule has 0 bridgehead atoms. The van der Waals surface area contributed by atoms with Crippen LogP contribution in [0.25, 0.3) is 0 Å². The van der Waals surface area contributed by atoms with Crippen LogP contribution >= 0.6 is 0 Å². The predicted octanol–water partition coefficient (Wildman–Crippen LogP) is 5.38. The molecule has 3 nitrogen and oxygen atoms in total. The van der Waals surface area contributed by atoms with Gasteiger partial charge in [-0.25, -0.2) is 0 Å². The Morgan fingerprint density at radius 3 is 2.68 bits per heavy atom. The average Bonchev–Trinajstić information content (AvgIpc) is 3.03. The molecule has 5 atom stereocenters. The van der Waals surface area contributed by atoms with Crippen molar-refractivity contribution in [2.24, 2.45) is 17.3 Å². The molecule has 4 aliphatic carbocycles. The fourth-order valence-electron chi connectivity index (χ4n) is 7.19. The Balaban J connectivity index is 1.66. The monoisotopic (exact) mass is 415 g/mol. The molecule has 0 aliphatic heterocycles. The van der Waals surface area contributed by atoms with Crippen LogP contribution in [0.4, 0.5) is 5.69 Å². The lowest BCUT2D eigenvalue weighted by Crippen LogP contribution is -2.50. The molecule has 3 saturated carbocycles. The first-order valence-corrected chi connectivity index (χ1v) is 11.8. The van der Waals surface area contributed by atoms with E-state index in [1.165, 1.54) is 16.7 Å². The number of rotatable bonds is 2. The fourth-order valence-corrected chi connectivity index (χ4v) is 7.19. The number of allylic oxidation sites excluding steroid dienone is 4. The SMILES string of the molecule is CC#C[C@]1(O)CCC2C3CC=C4CC(=O)CCC4=C3[C@@H](c3ccc(NC)cc3)C[C@@]21C. The highest BCUT2D eigenvalue weighted by atomic mass is 16.3. The standard InChI is InChI=1S/C28H33NO2/c1-4-14-28(31)15-13-25-23-11-7-19-16-21(30)10-12-22(19)26(23)24(17-27(25,28)2)18-5-8-20(29-3)9-6-18/h5-9,23-25,29,31H,10-13,15-17H2,1-3H3/t23?,24-,25?,27+,28+/m1/s1. The van der Waals surface area contributed by atoms with E-state index in [4.69, 9.17) is 0 Å². The highest BCUT2D eigenvalue weighted by Gasteiger charge is 2.62. The van der Waals surface area contributed by atoms with Crippen LogP contribution in [0, 0.1) is 29.1 Å². The number of aliphatic hydroxyl groups is 1. The molecular weight excluding hydrogens is 382 g/mol. The molecular formula is C28H33NO2. The van der Waals surface area contributed by atoms with E-state index in [1.54, 1.807) is 5.57 Å². The highest BCUT2D eigenvalue weighted by Crippen LogP contribution is 2.66. The molecule has 0 spiro atoms. The van der Waals surface area contributed by atoms with Crippen molar-refractivity contribution in [3.8, 4) is 11.8 Å². The molecule has 0 aromatic heterocycles. The Bertz CT molecular complexity index is 1040. The van der Waals surface area contributed by atoms with E-state index in [1.807, 2.05) is 14.0 Å². The zero-order chi connectivity index (χ0) is 21.8. The molecule has 0 radical (unpaired) electrons. The van der Waals surface area contributed by atoms with Crippen molar-refractivity contribution < 1.29 is 9.90 Å². The topological polar surface area (TPSA) is 49.3 Å². The number of benzene rings is 1. The molecule has 31 heavy (non-hydrogen) atoms. The van der Waals surface area contributed by atoms with Crippen molar-refractivity contribution >= 4 is 11.5 Å². The number of ketones is 1. The van der Waals surface area contributed by atoms with Gasteiger partial charge in [0.25, 0.3) is 0 Å². The summed E-state index contributed by atoms with van der Waals surface area (Å²) >= 11 is 0. The molecule has 1 aromatic rings. The van der Waals surface area contributed by atoms with Gasteiger partial charge in [0, 0.05) is 36.9 Å². The highest BCUT2D eigenvalue weighted by molar-refractivity contribution is 5.84. The third kappa shape index (κ3) is 3.03. The lowest BCUT2D eigenvalue weighted by Gasteiger charge is -2.53. The van der Waals surface area contributed by atoms with Gasteiger partial charge in [0.2, 0.25) is 0 Å². The molecule has 3 heteroatoms. The summed E-state index contributed by atoms with van der Waals surface area (Å²) in [6.45, 7) is 4.13. The van der Waals surface area contributed by atoms with Gasteiger partial charge in [0.1, 0.15) is 11.4 Å². The molecule has 0 saturated heterocycles. The van der Waals surface area contributed by atoms with Crippen LogP contribution in [-0.2, 0) is 4.79 Å². The molecule has 3 fully saturated rings. The summed E-state index contributed by atoms with van der Waals surface area (Å²) in [7, 11) is 1.95. The predicted molar refractivity (Wildman–Crippen MR) is 125 cm³/mol. The normalized spacial score (nSPS) is 36.6. The van der Waals surface area contributed by atoms with Gasteiger partial charge in [-0.1, -0.05) is 36.6 Å². The van der Waals surface area contributed by atoms with Crippen molar-refractivity contribution in [3.05, 3.63) is 52.6 Å². The van der Waals surface area contributed by atoms with Crippen LogP contribution in [0.2, 0.25) is 0 Å². The molecule has 2 unspecified atom stereocenters. The summed E-state index contributed by atoms with van der Waals surface area (Å²) in [6.07, 6.45) is 8.18. The van der Waals surface area contributed by atoms with Crippen LogP contribution < -0.4 is 5.32 Å². The van der Waals surface area contributed by atoms with Crippen molar-refractivity contribution in [2.45, 2.75) is 70.3 Å². The maximum atomic E-state index is 12.2. The summed E-state index contributed by atoms with van der Waals surface area (Å²) in [5.41, 5.74) is 5.59. The van der Waals surface area contributed by atoms with Gasteiger partial charge in [0.05, 0.1) is 0 Å². The minimum atomic E-state index is -0.918. The van der Waals surface area contributed by atoms with E-state index in [0.717, 1.165) is 37.8 Å². The average molecular weight is 416 g/mol. The Hall–Kier alpha value is -2.31. The van der Waals surface area contributed by atoms with Crippen LogP contribution in [0.5, 0.6) is 0 Å². The van der Waals surface area contributed by atoms with Gasteiger partial charge in [0.15, 0.2) is 0 Å². The van der Waals surface area contributed by atoms with Gasteiger partial charge in [-0.05, 0) is 79.7 Å². The van der Waals surface area contributed by atoms with Gasteiger partial charge >= 0.3 is 0 Å². The molecule has 0 heterocycles. The lowest BCUT2D eigenvalue weighted by molar-refractivity contribution is -0.118. The lowest BCUT2D eigenvalue weighted by atomic mass is 9.51. The van der Waals surface area contributed by atoms with Gasteiger partial charge in [-0.15, -0.1) is 5.92 Å². The molecule has 2 N–H and O–H groups in total. The van der Waals surface area contributed by atoms with E-state index in [0.29, 0.717) is 30.5 Å². The summed E-state index contributed by atoms with van der Waals surface area (Å²) in [4.78, 5) is 12.2. The first kappa shape index (κ1) is 20.6. The van der Waals surface area contributed by atoms with Gasteiger partial charge < -0.3 is 10.4 Å². The van der Waals surface area contributed by atoms with Gasteiger partial charge in [-0.3, -0.25) is 4.79 Å². The summed E-state index contributed by atoms with van der Waals surface area (Å²) in [6, 6.07) is 8.80. The van der Waals surface area contributed by atoms with Crippen molar-refractivity contribution in [3.63, 3.8) is 0 Å². The number of fused-ring (bicyclic) bond motifs is 4. The van der Waals surface area contributed by atoms with E-state index < -0.39 is 5.60 Å². The third-order valence-electron chi connectivity index (χ3n) is 8.80. The quantitative estimate of drug-likeness (QED) is 0.638. The number of carbonyl (C=O) groups excluding carboxylic acids is 1. The zero-order valence-corrected chi connectivity index (χ0v) is 18.9. The summed E-state index contributed by atoms with van der Waals surface area (Å²) < 4.78 is 0. The molecule has 0 amide bonds. The van der Waals surface area contributed by atoms with Crippen molar-refractivity contribution in [1.29, 1.82) is 0 Å². The minimum Gasteiger partial charge on any atom is -0.388 e. The van der Waals surface area contributed by atoms with Crippen LogP contribution in [-0.4, -0.2) is 23.5 Å². The maximum Gasteiger partial charge on any atom is 0.137 e. The zero-order valence-electron chi connectivity index (χ0n) is 18.9. The van der Waals surface area contributed by atoms with E-state index >= 15 is 0 Å². The Morgan fingerprint density at radius 1 is 1.19 bits per heavy atom. The smallest absolute Gasteiger partial charge is 0.137 e. The first-order chi connectivity index (χ1) is 14.9. The minimum absolute atomic E-state index is 0.229. The van der Waals surface area contributed by atoms with Crippen LogP contribution in [0.1, 0.15) is 70.3 Å². The summed E-state index contributed by atoms with van der Waals surface area (Å²) in [5.74, 6) is 7.77. The first-order valence-electron chi connectivity index (χ1n) is 11.8. The number of Topliss-reactive ketones (excluding diaryl/α,β-unsaturated/α-hetero) is 1. The van der Waals surface area contributed by atoms with Crippen molar-refractivity contribution in [1.82, 2.24) is 0 Å². The second kappa shape index (κ2) is 7.38. The Kier molecular flexibility index (Phi) is 4.90. The number of hydrogen-bond acceptors (Lipinski definition) is 3. The van der Waals surface area contributed by atoms with E-state index in [2.05, 4.69) is 54.4 Å². The second-order valence-corrected chi connectivity index (χ2v) is 10.1. The largest absolute Gasteiger partial charge is 0.388 e. The number of anilines is 1. The second-order valence-electron chi connectivity index (χ2n) is 10.1. The van der Waals surface area contributed by atoms with E-state index in [-0.39, 0.29) is 11.3 Å². The summed E-state index contributed by atoms with van der Waals surface area (Å²) in [5, 5.41) is 14.9. The molecule has 162 valence electrons. The Morgan fingerprint density at radius 2 is 1.97 bits per heavy atom. The number of hydrogen-bond donors (Lipinski definition) is 2. The maximum absolute atomic E-state index is 12.2. The Labute approximate surface area is 186 Å². The molecule has 5 rings (SSSR count). The van der Waals surface area contributed by atoms with Crippen LogP contribution in [0.15, 0.2) is 47.1 Å². The number of nitrogens with one attached hydrogen (secondary N) is 1. The van der Waals surface area contributed by atoms with Gasteiger partial charge in [-0.2, -0.15) is 0 Å². The fraction of sp³-hybridized carbons (Fsp3) is 0.536. The van der Waals surface area contributed by atoms with Crippen LogP contribution in [0.3, 0.4) is 0 Å². The van der Waals surface area contributed by atoms with Crippen molar-refractivity contribution in [2.75, 3.05) is 12.4 Å².